The van der Waals surface area contributed by atoms with Crippen LogP contribution in [0.15, 0.2) is 5.38 Å². The molecule has 0 amide bonds. The van der Waals surface area contributed by atoms with Crippen LogP contribution in [-0.4, -0.2) is 24.2 Å². The Bertz CT molecular complexity index is 271. The quantitative estimate of drug-likeness (QED) is 0.812. The second kappa shape index (κ2) is 5.44. The molecule has 0 spiro atoms. The van der Waals surface area contributed by atoms with Crippen LogP contribution >= 0.6 is 11.3 Å². The van der Waals surface area contributed by atoms with Crippen molar-refractivity contribution in [3.63, 3.8) is 0 Å². The van der Waals surface area contributed by atoms with E-state index in [0.29, 0.717) is 0 Å². The largest absolute Gasteiger partial charge is 0.380 e. The third-order valence-electron chi connectivity index (χ3n) is 2.26. The van der Waals surface area contributed by atoms with Gasteiger partial charge >= 0.3 is 0 Å². The van der Waals surface area contributed by atoms with Gasteiger partial charge in [0.2, 0.25) is 0 Å². The number of ether oxygens (including phenoxy) is 1. The molecule has 1 aromatic heterocycles. The fourth-order valence-electron chi connectivity index (χ4n) is 1.47. The van der Waals surface area contributed by atoms with Gasteiger partial charge in [-0.05, 0) is 13.3 Å². The van der Waals surface area contributed by atoms with Crippen LogP contribution in [0.5, 0.6) is 0 Å². The monoisotopic (exact) mass is 214 g/mol. The van der Waals surface area contributed by atoms with Gasteiger partial charge in [0.15, 0.2) is 0 Å². The number of nitrogens with zero attached hydrogens (tertiary/aromatic N) is 1. The Morgan fingerprint density at radius 3 is 2.79 bits per heavy atom. The van der Waals surface area contributed by atoms with Crippen LogP contribution in [0, 0.1) is 6.92 Å². The molecular weight excluding hydrogens is 196 g/mol. The first-order valence-corrected chi connectivity index (χ1v) is 5.74. The lowest BCUT2D eigenvalue weighted by molar-refractivity contribution is 0.0773. The fraction of sp³-hybridized carbons (Fsp3) is 0.700. The van der Waals surface area contributed by atoms with E-state index in [9.17, 15) is 0 Å². The molecule has 1 aromatic rings. The van der Waals surface area contributed by atoms with Crippen LogP contribution in [0.25, 0.3) is 0 Å². The molecule has 0 saturated carbocycles. The Labute approximate surface area is 89.3 Å². The van der Waals surface area contributed by atoms with Gasteiger partial charge in [0.05, 0.1) is 11.1 Å². The van der Waals surface area contributed by atoms with Crippen molar-refractivity contribution >= 4 is 11.3 Å². The predicted molar refractivity (Wildman–Crippen MR) is 59.6 cm³/mol. The summed E-state index contributed by atoms with van der Waals surface area (Å²) in [7, 11) is 1.71. The van der Waals surface area contributed by atoms with Gasteiger partial charge in [-0.2, -0.15) is 0 Å². The van der Waals surface area contributed by atoms with Gasteiger partial charge in [0.1, 0.15) is 0 Å². The van der Waals surface area contributed by atoms with Gasteiger partial charge in [-0.3, -0.25) is 0 Å². The van der Waals surface area contributed by atoms with Gasteiger partial charge in [0.25, 0.3) is 0 Å². The molecule has 0 aliphatic heterocycles. The molecule has 2 N–H and O–H groups in total. The molecule has 0 radical (unpaired) electrons. The predicted octanol–water partition coefficient (Wildman–Crippen LogP) is 1.75. The van der Waals surface area contributed by atoms with Gasteiger partial charge in [-0.1, -0.05) is 6.92 Å². The third kappa shape index (κ3) is 3.04. The minimum atomic E-state index is 0.0514. The minimum Gasteiger partial charge on any atom is -0.380 e. The van der Waals surface area contributed by atoms with Gasteiger partial charge in [-0.25, -0.2) is 4.98 Å². The summed E-state index contributed by atoms with van der Waals surface area (Å²) in [6, 6.07) is 0.0514. The normalized spacial score (nSPS) is 15.4. The highest BCUT2D eigenvalue weighted by Gasteiger charge is 2.16. The molecule has 3 nitrogen and oxygen atoms in total. The molecule has 0 fully saturated rings. The second-order valence-corrected chi connectivity index (χ2v) is 4.38. The molecule has 80 valence electrons. The number of aryl methyl sites for hydroxylation is 1. The molecule has 1 heterocycles. The molecule has 0 aliphatic carbocycles. The van der Waals surface area contributed by atoms with E-state index in [1.54, 1.807) is 18.4 Å². The highest BCUT2D eigenvalue weighted by molar-refractivity contribution is 7.09. The van der Waals surface area contributed by atoms with Crippen molar-refractivity contribution in [1.29, 1.82) is 0 Å². The number of aromatic nitrogens is 1. The molecule has 0 bridgehead atoms. The number of hydrogen-bond acceptors (Lipinski definition) is 4. The van der Waals surface area contributed by atoms with E-state index in [1.807, 2.05) is 6.92 Å². The van der Waals surface area contributed by atoms with E-state index < -0.39 is 0 Å². The lowest BCUT2D eigenvalue weighted by Crippen LogP contribution is -2.37. The van der Waals surface area contributed by atoms with Crippen molar-refractivity contribution in [2.24, 2.45) is 5.73 Å². The molecule has 4 heteroatoms. The molecule has 0 aromatic carbocycles. The average Bonchev–Trinajstić information content (AvgIpc) is 2.53. The maximum atomic E-state index is 6.02. The Kier molecular flexibility index (Phi) is 4.51. The van der Waals surface area contributed by atoms with E-state index in [2.05, 4.69) is 17.3 Å². The van der Waals surface area contributed by atoms with Crippen LogP contribution in [0.1, 0.15) is 24.0 Å². The van der Waals surface area contributed by atoms with E-state index in [1.165, 1.54) is 0 Å². The van der Waals surface area contributed by atoms with Crippen molar-refractivity contribution in [2.45, 2.75) is 38.8 Å². The maximum absolute atomic E-state index is 6.02. The number of methoxy groups -OCH3 is 1. The Balaban J connectivity index is 2.51. The molecule has 0 aliphatic rings. The summed E-state index contributed by atoms with van der Waals surface area (Å²) in [4.78, 5) is 4.38. The Hall–Kier alpha value is -0.450. The first-order valence-electron chi connectivity index (χ1n) is 4.86. The molecule has 2 atom stereocenters. The highest BCUT2D eigenvalue weighted by Crippen LogP contribution is 2.13. The van der Waals surface area contributed by atoms with Gasteiger partial charge in [0, 0.05) is 30.6 Å². The number of hydrogen-bond donors (Lipinski definition) is 1. The van der Waals surface area contributed by atoms with Crippen molar-refractivity contribution in [3.8, 4) is 0 Å². The summed E-state index contributed by atoms with van der Waals surface area (Å²) in [5.41, 5.74) is 7.09. The van der Waals surface area contributed by atoms with E-state index in [-0.39, 0.29) is 12.1 Å². The summed E-state index contributed by atoms with van der Waals surface area (Å²) in [5, 5.41) is 3.15. The van der Waals surface area contributed by atoms with E-state index >= 15 is 0 Å². The highest BCUT2D eigenvalue weighted by atomic mass is 32.1. The standard InChI is InChI=1S/C10H18N2OS/c1-4-9(13-3)8(11)5-10-12-7(2)6-14-10/h6,8-9H,4-5,11H2,1-3H3. The second-order valence-electron chi connectivity index (χ2n) is 3.43. The Morgan fingerprint density at radius 1 is 1.64 bits per heavy atom. The lowest BCUT2D eigenvalue weighted by atomic mass is 10.1. The van der Waals surface area contributed by atoms with Crippen LogP contribution in [0.2, 0.25) is 0 Å². The maximum Gasteiger partial charge on any atom is 0.0944 e. The van der Waals surface area contributed by atoms with Crippen molar-refractivity contribution in [1.82, 2.24) is 4.98 Å². The first kappa shape index (κ1) is 11.6. The zero-order valence-corrected chi connectivity index (χ0v) is 9.80. The average molecular weight is 214 g/mol. The smallest absolute Gasteiger partial charge is 0.0944 e. The molecule has 14 heavy (non-hydrogen) atoms. The molecular formula is C10H18N2OS. The first-order chi connectivity index (χ1) is 6.67. The SMILES string of the molecule is CCC(OC)C(N)Cc1nc(C)cs1. The van der Waals surface area contributed by atoms with Crippen LogP contribution in [0.3, 0.4) is 0 Å². The summed E-state index contributed by atoms with van der Waals surface area (Å²) >= 11 is 1.67. The summed E-state index contributed by atoms with van der Waals surface area (Å²) < 4.78 is 5.29. The van der Waals surface area contributed by atoms with Crippen molar-refractivity contribution in [3.05, 3.63) is 16.1 Å². The van der Waals surface area contributed by atoms with Crippen molar-refractivity contribution < 1.29 is 4.74 Å². The summed E-state index contributed by atoms with van der Waals surface area (Å²) in [6.45, 7) is 4.08. The van der Waals surface area contributed by atoms with E-state index in [4.69, 9.17) is 10.5 Å². The van der Waals surface area contributed by atoms with Crippen LogP contribution in [-0.2, 0) is 11.2 Å². The van der Waals surface area contributed by atoms with Gasteiger partial charge in [-0.15, -0.1) is 11.3 Å². The fourth-order valence-corrected chi connectivity index (χ4v) is 2.32. The number of nitrogens with two attached hydrogens (primary N) is 1. The van der Waals surface area contributed by atoms with Crippen LogP contribution in [0.4, 0.5) is 0 Å². The number of rotatable bonds is 5. The lowest BCUT2D eigenvalue weighted by Gasteiger charge is -2.19. The third-order valence-corrected chi connectivity index (χ3v) is 3.25. The molecule has 0 saturated heterocycles. The van der Waals surface area contributed by atoms with E-state index in [0.717, 1.165) is 23.5 Å². The van der Waals surface area contributed by atoms with Crippen LogP contribution < -0.4 is 5.73 Å². The number of thiazole rings is 1. The zero-order valence-electron chi connectivity index (χ0n) is 8.99. The van der Waals surface area contributed by atoms with Gasteiger partial charge < -0.3 is 10.5 Å². The topological polar surface area (TPSA) is 48.1 Å². The summed E-state index contributed by atoms with van der Waals surface area (Å²) in [5.74, 6) is 0. The van der Waals surface area contributed by atoms with Crippen molar-refractivity contribution in [2.75, 3.05) is 7.11 Å². The summed E-state index contributed by atoms with van der Waals surface area (Å²) in [6.07, 6.45) is 1.89. The molecule has 1 rings (SSSR count). The Morgan fingerprint density at radius 2 is 2.36 bits per heavy atom. The minimum absolute atomic E-state index is 0.0514. The zero-order chi connectivity index (χ0) is 10.6. The molecule has 2 unspecified atom stereocenters.